The van der Waals surface area contributed by atoms with Crippen LogP contribution in [0.2, 0.25) is 0 Å². The van der Waals surface area contributed by atoms with E-state index in [1.165, 1.54) is 0 Å². The lowest BCUT2D eigenvalue weighted by Gasteiger charge is -2.25. The highest BCUT2D eigenvalue weighted by Gasteiger charge is 2.57. The van der Waals surface area contributed by atoms with Gasteiger partial charge >= 0.3 is 6.18 Å². The Morgan fingerprint density at radius 1 is 1.18 bits per heavy atom. The molecule has 68 valence electrons. The second-order valence-electron chi connectivity index (χ2n) is 1.87. The molecule has 0 aliphatic heterocycles. The van der Waals surface area contributed by atoms with Gasteiger partial charge in [0, 0.05) is 0 Å². The number of hydrogen-bond donors (Lipinski definition) is 0. The van der Waals surface area contributed by atoms with E-state index >= 15 is 0 Å². The molecule has 0 saturated carbocycles. The summed E-state index contributed by atoms with van der Waals surface area (Å²) in [5, 5.41) is -4.71. The molecular weight excluding hydrogens is 192 g/mol. The molecule has 0 aromatic rings. The summed E-state index contributed by atoms with van der Waals surface area (Å²) in [4.78, 5) is 0. The van der Waals surface area contributed by atoms with Crippen LogP contribution in [0.15, 0.2) is 0 Å². The lowest BCUT2D eigenvalue weighted by atomic mass is 10.4. The lowest BCUT2D eigenvalue weighted by Crippen LogP contribution is -2.44. The van der Waals surface area contributed by atoms with Crippen LogP contribution in [0.5, 0.6) is 0 Å². The van der Waals surface area contributed by atoms with E-state index in [9.17, 15) is 30.5 Å². The van der Waals surface area contributed by atoms with Crippen molar-refractivity contribution in [2.75, 3.05) is 0 Å². The van der Waals surface area contributed by atoms with Crippen molar-refractivity contribution < 1.29 is 30.5 Å². The Kier molecular flexibility index (Phi) is 2.23. The zero-order valence-electron chi connectivity index (χ0n) is 5.14. The fourth-order valence-electron chi connectivity index (χ4n) is 0.142. The maximum absolute atomic E-state index is 12.1. The minimum atomic E-state index is -6.00. The highest BCUT2D eigenvalue weighted by Crippen LogP contribution is 2.37. The van der Waals surface area contributed by atoms with Gasteiger partial charge in [0.2, 0.25) is 0 Å². The highest BCUT2D eigenvalue weighted by atomic mass is 32.2. The van der Waals surface area contributed by atoms with Gasteiger partial charge in [-0.3, -0.25) is 0 Å². The fourth-order valence-corrected chi connectivity index (χ4v) is 0.425. The molecule has 0 fully saturated rings. The average Bonchev–Trinajstić information content (AvgIpc) is 1.58. The molecule has 0 bridgehead atoms. The Bertz CT molecular complexity index is 238. The minimum Gasteiger partial charge on any atom is -0.745 e. The lowest BCUT2D eigenvalue weighted by molar-refractivity contribution is -0.193. The molecule has 0 heterocycles. The van der Waals surface area contributed by atoms with E-state index in [-0.39, 0.29) is 6.92 Å². The normalized spacial score (nSPS) is 19.5. The molecule has 11 heavy (non-hydrogen) atoms. The molecule has 0 saturated heterocycles. The molecular formula is C3H3F4O3S-. The molecule has 0 radical (unpaired) electrons. The Morgan fingerprint density at radius 3 is 1.45 bits per heavy atom. The van der Waals surface area contributed by atoms with Gasteiger partial charge < -0.3 is 4.55 Å². The molecule has 0 aromatic carbocycles. The van der Waals surface area contributed by atoms with Gasteiger partial charge in [-0.15, -0.1) is 0 Å². The summed E-state index contributed by atoms with van der Waals surface area (Å²) in [7, 11) is -6.00. The summed E-state index contributed by atoms with van der Waals surface area (Å²) < 4.78 is 75.2. The van der Waals surface area contributed by atoms with Crippen molar-refractivity contribution in [1.29, 1.82) is 0 Å². The van der Waals surface area contributed by atoms with Crippen molar-refractivity contribution in [3.05, 3.63) is 0 Å². The standard InChI is InChI=1S/C3H4F4O3S/c1-2(4,3(5,6)7)11(8,9)10/h1H3,(H,8,9,10)/p-1. The van der Waals surface area contributed by atoms with Crippen molar-refractivity contribution in [3.8, 4) is 0 Å². The first kappa shape index (κ1) is 10.6. The van der Waals surface area contributed by atoms with Crippen LogP contribution >= 0.6 is 0 Å². The molecule has 3 nitrogen and oxygen atoms in total. The van der Waals surface area contributed by atoms with Gasteiger partial charge in [0.25, 0.3) is 5.00 Å². The number of hydrogen-bond acceptors (Lipinski definition) is 3. The Labute approximate surface area is 59.8 Å². The smallest absolute Gasteiger partial charge is 0.435 e. The zero-order valence-corrected chi connectivity index (χ0v) is 5.96. The maximum atomic E-state index is 12.1. The van der Waals surface area contributed by atoms with E-state index in [1.807, 2.05) is 0 Å². The molecule has 1 atom stereocenters. The average molecular weight is 195 g/mol. The summed E-state index contributed by atoms with van der Waals surface area (Å²) in [6.07, 6.45) is -5.69. The second-order valence-corrected chi connectivity index (χ2v) is 3.54. The summed E-state index contributed by atoms with van der Waals surface area (Å²) >= 11 is 0. The molecule has 0 N–H and O–H groups in total. The molecule has 1 unspecified atom stereocenters. The Morgan fingerprint density at radius 2 is 1.45 bits per heavy atom. The molecule has 0 spiro atoms. The Hall–Kier alpha value is -0.370. The van der Waals surface area contributed by atoms with Crippen LogP contribution in [0.4, 0.5) is 17.6 Å². The van der Waals surface area contributed by atoms with E-state index in [4.69, 9.17) is 0 Å². The summed E-state index contributed by atoms with van der Waals surface area (Å²) in [5.41, 5.74) is 0. The predicted octanol–water partition coefficient (Wildman–Crippen LogP) is 0.780. The van der Waals surface area contributed by atoms with Gasteiger partial charge in [-0.2, -0.15) is 13.2 Å². The summed E-state index contributed by atoms with van der Waals surface area (Å²) in [6, 6.07) is 0. The van der Waals surface area contributed by atoms with Crippen LogP contribution in [0.25, 0.3) is 0 Å². The summed E-state index contributed by atoms with van der Waals surface area (Å²) in [5.74, 6) is 0. The second kappa shape index (κ2) is 2.31. The van der Waals surface area contributed by atoms with Gasteiger partial charge in [-0.05, 0) is 6.92 Å². The molecule has 0 amide bonds. The van der Waals surface area contributed by atoms with E-state index in [1.54, 1.807) is 0 Å². The number of rotatable bonds is 1. The maximum Gasteiger partial charge on any atom is 0.435 e. The van der Waals surface area contributed by atoms with Crippen molar-refractivity contribution in [3.63, 3.8) is 0 Å². The molecule has 0 aliphatic carbocycles. The van der Waals surface area contributed by atoms with Crippen LogP contribution in [-0.2, 0) is 10.1 Å². The third-order valence-corrected chi connectivity index (χ3v) is 2.15. The van der Waals surface area contributed by atoms with Gasteiger partial charge in [0.1, 0.15) is 10.1 Å². The molecule has 8 heteroatoms. The minimum absolute atomic E-state index is 0.338. The van der Waals surface area contributed by atoms with Gasteiger partial charge in [-0.1, -0.05) is 0 Å². The van der Waals surface area contributed by atoms with Gasteiger partial charge in [0.05, 0.1) is 0 Å². The topological polar surface area (TPSA) is 57.2 Å². The Balaban J connectivity index is 5.08. The van der Waals surface area contributed by atoms with E-state index in [0.29, 0.717) is 0 Å². The third-order valence-electron chi connectivity index (χ3n) is 0.976. The first-order valence-electron chi connectivity index (χ1n) is 2.21. The number of alkyl halides is 4. The van der Waals surface area contributed by atoms with Crippen LogP contribution in [0, 0.1) is 0 Å². The molecule has 0 aromatic heterocycles. The van der Waals surface area contributed by atoms with Crippen LogP contribution in [-0.4, -0.2) is 24.1 Å². The first-order chi connectivity index (χ1) is 4.50. The SMILES string of the molecule is CC(F)(C(F)(F)F)S(=O)(=O)[O-]. The fraction of sp³-hybridized carbons (Fsp3) is 1.00. The van der Waals surface area contributed by atoms with Crippen molar-refractivity contribution in [2.45, 2.75) is 18.1 Å². The first-order valence-corrected chi connectivity index (χ1v) is 3.62. The van der Waals surface area contributed by atoms with E-state index in [2.05, 4.69) is 0 Å². The largest absolute Gasteiger partial charge is 0.745 e. The van der Waals surface area contributed by atoms with Crippen LogP contribution in [0.1, 0.15) is 6.92 Å². The van der Waals surface area contributed by atoms with Crippen LogP contribution in [0.3, 0.4) is 0 Å². The highest BCUT2D eigenvalue weighted by molar-refractivity contribution is 7.87. The van der Waals surface area contributed by atoms with Crippen LogP contribution < -0.4 is 0 Å². The van der Waals surface area contributed by atoms with Crippen molar-refractivity contribution in [2.24, 2.45) is 0 Å². The predicted molar refractivity (Wildman–Crippen MR) is 25.3 cm³/mol. The third kappa shape index (κ3) is 1.80. The van der Waals surface area contributed by atoms with Gasteiger partial charge in [-0.25, -0.2) is 12.8 Å². The van der Waals surface area contributed by atoms with E-state index in [0.717, 1.165) is 0 Å². The quantitative estimate of drug-likeness (QED) is 0.458. The monoisotopic (exact) mass is 195 g/mol. The molecule has 0 aliphatic rings. The molecule has 0 rings (SSSR count). The zero-order chi connectivity index (χ0) is 9.50. The number of halogens is 4. The van der Waals surface area contributed by atoms with Crippen molar-refractivity contribution >= 4 is 10.1 Å². The van der Waals surface area contributed by atoms with E-state index < -0.39 is 21.3 Å². The summed E-state index contributed by atoms with van der Waals surface area (Å²) in [6.45, 7) is -0.338. The van der Waals surface area contributed by atoms with Gasteiger partial charge in [0.15, 0.2) is 0 Å². The van der Waals surface area contributed by atoms with Crippen molar-refractivity contribution in [1.82, 2.24) is 0 Å².